The lowest BCUT2D eigenvalue weighted by Crippen LogP contribution is -2.43. The normalized spacial score (nSPS) is 21.1. The Morgan fingerprint density at radius 2 is 2.42 bits per heavy atom. The minimum absolute atomic E-state index is 0.0437. The summed E-state index contributed by atoms with van der Waals surface area (Å²) in [7, 11) is 0. The Kier molecular flexibility index (Phi) is 3.95. The molecule has 1 atom stereocenters. The van der Waals surface area contributed by atoms with E-state index in [9.17, 15) is 0 Å². The van der Waals surface area contributed by atoms with Crippen LogP contribution in [0.3, 0.4) is 0 Å². The molecule has 1 unspecified atom stereocenters. The van der Waals surface area contributed by atoms with Gasteiger partial charge in [-0.1, -0.05) is 11.6 Å². The lowest BCUT2D eigenvalue weighted by Gasteiger charge is -2.31. The molecule has 0 spiro atoms. The summed E-state index contributed by atoms with van der Waals surface area (Å²) < 4.78 is 5.42. The van der Waals surface area contributed by atoms with Gasteiger partial charge in [0.1, 0.15) is 15.8 Å². The van der Waals surface area contributed by atoms with E-state index in [-0.39, 0.29) is 12.7 Å². The van der Waals surface area contributed by atoms with Gasteiger partial charge in [-0.15, -0.1) is 11.3 Å². The smallest absolute Gasteiger partial charge is 0.145 e. The first-order valence-corrected chi connectivity index (χ1v) is 7.36. The van der Waals surface area contributed by atoms with Gasteiger partial charge in [0.2, 0.25) is 0 Å². The lowest BCUT2D eigenvalue weighted by molar-refractivity contribution is -0.0556. The zero-order chi connectivity index (χ0) is 13.2. The molecular weight excluding hydrogens is 286 g/mol. The standard InChI is InChI=1S/C12H14ClN3O2S/c13-11-9-1-4-19-12(9)15-10(14-11)6-16-2-3-18-8(5-16)7-17/h1,4,8,17H,2-3,5-7H2. The molecular formula is C12H14ClN3O2S. The number of ether oxygens (including phenoxy) is 1. The van der Waals surface area contributed by atoms with Crippen molar-refractivity contribution in [3.8, 4) is 0 Å². The van der Waals surface area contributed by atoms with Gasteiger partial charge < -0.3 is 9.84 Å². The molecule has 0 radical (unpaired) electrons. The Balaban J connectivity index is 1.77. The van der Waals surface area contributed by atoms with Crippen LogP contribution >= 0.6 is 22.9 Å². The molecule has 0 bridgehead atoms. The Hall–Kier alpha value is -0.790. The van der Waals surface area contributed by atoms with Gasteiger partial charge in [-0.2, -0.15) is 0 Å². The van der Waals surface area contributed by atoms with Crippen molar-refractivity contribution >= 4 is 33.2 Å². The number of morpholine rings is 1. The second-order valence-corrected chi connectivity index (χ2v) is 5.73. The van der Waals surface area contributed by atoms with E-state index < -0.39 is 0 Å². The van der Waals surface area contributed by atoms with Crippen molar-refractivity contribution in [2.45, 2.75) is 12.6 Å². The van der Waals surface area contributed by atoms with Gasteiger partial charge in [-0.3, -0.25) is 4.90 Å². The number of hydrogen-bond acceptors (Lipinski definition) is 6. The van der Waals surface area contributed by atoms with Crippen LogP contribution in [0.15, 0.2) is 11.4 Å². The van der Waals surface area contributed by atoms with Crippen molar-refractivity contribution in [3.63, 3.8) is 0 Å². The van der Waals surface area contributed by atoms with Crippen LogP contribution in [0, 0.1) is 0 Å². The van der Waals surface area contributed by atoms with Crippen LogP contribution in [-0.4, -0.2) is 52.4 Å². The van der Waals surface area contributed by atoms with Crippen molar-refractivity contribution in [3.05, 3.63) is 22.4 Å². The first-order valence-electron chi connectivity index (χ1n) is 6.10. The summed E-state index contributed by atoms with van der Waals surface area (Å²) in [6.45, 7) is 2.82. The van der Waals surface area contributed by atoms with E-state index in [1.807, 2.05) is 11.4 Å². The second kappa shape index (κ2) is 5.68. The van der Waals surface area contributed by atoms with E-state index in [0.717, 1.165) is 22.6 Å². The van der Waals surface area contributed by atoms with Crippen LogP contribution in [-0.2, 0) is 11.3 Å². The van der Waals surface area contributed by atoms with Crippen LogP contribution < -0.4 is 0 Å². The fourth-order valence-electron chi connectivity index (χ4n) is 2.17. The zero-order valence-electron chi connectivity index (χ0n) is 10.3. The summed E-state index contributed by atoms with van der Waals surface area (Å²) in [4.78, 5) is 11.9. The maximum atomic E-state index is 9.13. The predicted octanol–water partition coefficient (Wildman–Crippen LogP) is 1.54. The molecule has 2 aromatic rings. The van der Waals surface area contributed by atoms with Gasteiger partial charge in [0.05, 0.1) is 25.9 Å². The molecule has 7 heteroatoms. The Bertz CT molecular complexity index is 577. The minimum atomic E-state index is -0.116. The highest BCUT2D eigenvalue weighted by molar-refractivity contribution is 7.16. The molecule has 0 aromatic carbocycles. The van der Waals surface area contributed by atoms with Crippen LogP contribution in [0.2, 0.25) is 5.15 Å². The van der Waals surface area contributed by atoms with Crippen molar-refractivity contribution < 1.29 is 9.84 Å². The van der Waals surface area contributed by atoms with E-state index in [1.165, 1.54) is 0 Å². The van der Waals surface area contributed by atoms with Crippen molar-refractivity contribution in [1.82, 2.24) is 14.9 Å². The van der Waals surface area contributed by atoms with E-state index in [1.54, 1.807) is 11.3 Å². The Labute approximate surface area is 119 Å². The first kappa shape index (κ1) is 13.2. The summed E-state index contributed by atoms with van der Waals surface area (Å²) >= 11 is 7.71. The van der Waals surface area contributed by atoms with Crippen LogP contribution in [0.25, 0.3) is 10.2 Å². The molecule has 1 fully saturated rings. The first-order chi connectivity index (χ1) is 9.26. The summed E-state index contributed by atoms with van der Waals surface area (Å²) in [5, 5.41) is 12.5. The van der Waals surface area contributed by atoms with Crippen LogP contribution in [0.5, 0.6) is 0 Å². The molecule has 1 saturated heterocycles. The van der Waals surface area contributed by atoms with E-state index >= 15 is 0 Å². The van der Waals surface area contributed by atoms with E-state index in [2.05, 4.69) is 14.9 Å². The number of halogens is 1. The number of thiophene rings is 1. The maximum Gasteiger partial charge on any atom is 0.145 e. The Morgan fingerprint density at radius 3 is 3.26 bits per heavy atom. The molecule has 3 rings (SSSR count). The fourth-order valence-corrected chi connectivity index (χ4v) is 3.25. The largest absolute Gasteiger partial charge is 0.394 e. The summed E-state index contributed by atoms with van der Waals surface area (Å²) in [5.41, 5.74) is 0. The highest BCUT2D eigenvalue weighted by atomic mass is 35.5. The van der Waals surface area contributed by atoms with Crippen molar-refractivity contribution in [1.29, 1.82) is 0 Å². The Morgan fingerprint density at radius 1 is 1.53 bits per heavy atom. The lowest BCUT2D eigenvalue weighted by atomic mass is 10.3. The molecule has 2 aromatic heterocycles. The average Bonchev–Trinajstić information content (AvgIpc) is 2.88. The van der Waals surface area contributed by atoms with Gasteiger partial charge in [0, 0.05) is 18.5 Å². The number of fused-ring (bicyclic) bond motifs is 1. The van der Waals surface area contributed by atoms with Crippen molar-refractivity contribution in [2.24, 2.45) is 0 Å². The minimum Gasteiger partial charge on any atom is -0.394 e. The molecule has 5 nitrogen and oxygen atoms in total. The molecule has 0 aliphatic carbocycles. The summed E-state index contributed by atoms with van der Waals surface area (Å²) in [6.07, 6.45) is -0.116. The number of aliphatic hydroxyl groups is 1. The maximum absolute atomic E-state index is 9.13. The highest BCUT2D eigenvalue weighted by Gasteiger charge is 2.21. The molecule has 0 saturated carbocycles. The second-order valence-electron chi connectivity index (χ2n) is 4.48. The monoisotopic (exact) mass is 299 g/mol. The molecule has 1 aliphatic heterocycles. The number of aliphatic hydroxyl groups excluding tert-OH is 1. The molecule has 1 aliphatic rings. The SMILES string of the molecule is OCC1CN(Cc2nc(Cl)c3ccsc3n2)CCO1. The third-order valence-corrected chi connectivity index (χ3v) is 4.21. The van der Waals surface area contributed by atoms with E-state index in [4.69, 9.17) is 21.4 Å². The van der Waals surface area contributed by atoms with Crippen molar-refractivity contribution in [2.75, 3.05) is 26.3 Å². The predicted molar refractivity (Wildman–Crippen MR) is 74.5 cm³/mol. The quantitative estimate of drug-likeness (QED) is 0.871. The van der Waals surface area contributed by atoms with Gasteiger partial charge in [-0.25, -0.2) is 9.97 Å². The third-order valence-electron chi connectivity index (χ3n) is 3.12. The van der Waals surface area contributed by atoms with Gasteiger partial charge in [-0.05, 0) is 11.4 Å². The number of nitrogens with zero attached hydrogens (tertiary/aromatic N) is 3. The van der Waals surface area contributed by atoms with Gasteiger partial charge in [0.25, 0.3) is 0 Å². The fraction of sp³-hybridized carbons (Fsp3) is 0.500. The molecule has 102 valence electrons. The van der Waals surface area contributed by atoms with Crippen LogP contribution in [0.1, 0.15) is 5.82 Å². The molecule has 1 N–H and O–H groups in total. The molecule has 3 heterocycles. The van der Waals surface area contributed by atoms with E-state index in [0.29, 0.717) is 24.8 Å². The summed E-state index contributed by atoms with van der Waals surface area (Å²) in [5.74, 6) is 0.721. The molecule has 19 heavy (non-hydrogen) atoms. The number of hydrogen-bond donors (Lipinski definition) is 1. The summed E-state index contributed by atoms with van der Waals surface area (Å²) in [6, 6.07) is 1.93. The number of aromatic nitrogens is 2. The zero-order valence-corrected chi connectivity index (χ0v) is 11.8. The highest BCUT2D eigenvalue weighted by Crippen LogP contribution is 2.25. The topological polar surface area (TPSA) is 58.5 Å². The van der Waals surface area contributed by atoms with Crippen LogP contribution in [0.4, 0.5) is 0 Å². The average molecular weight is 300 g/mol. The molecule has 0 amide bonds. The van der Waals surface area contributed by atoms with Gasteiger partial charge >= 0.3 is 0 Å². The van der Waals surface area contributed by atoms with Gasteiger partial charge in [0.15, 0.2) is 0 Å². The third kappa shape index (κ3) is 2.88. The number of rotatable bonds is 3.